The maximum Gasteiger partial charge on any atom is 0.114 e. The van der Waals surface area contributed by atoms with Gasteiger partial charge in [0, 0.05) is 0 Å². The van der Waals surface area contributed by atoms with Crippen LogP contribution >= 0.6 is 0 Å². The van der Waals surface area contributed by atoms with E-state index in [0.717, 1.165) is 31.6 Å². The highest BCUT2D eigenvalue weighted by Crippen LogP contribution is 2.37. The Hall–Kier alpha value is -0.330. The zero-order valence-electron chi connectivity index (χ0n) is 7.28. The average Bonchev–Trinajstić information content (AvgIpc) is 1.97. The van der Waals surface area contributed by atoms with E-state index in [1.165, 1.54) is 0 Å². The SMILES string of the molecule is C=CCC1(F)CCC(C)CC1. The number of allylic oxidation sites excluding steroid dienone is 1. The molecule has 1 heteroatoms. The third-order valence-corrected chi connectivity index (χ3v) is 2.68. The normalized spacial score (nSPS) is 38.5. The Morgan fingerprint density at radius 1 is 1.55 bits per heavy atom. The molecule has 0 aromatic carbocycles. The molecule has 0 N–H and O–H groups in total. The molecule has 0 spiro atoms. The van der Waals surface area contributed by atoms with Crippen LogP contribution in [0.25, 0.3) is 0 Å². The molecule has 0 aliphatic heterocycles. The molecule has 0 radical (unpaired) electrons. The van der Waals surface area contributed by atoms with E-state index in [9.17, 15) is 4.39 Å². The number of alkyl halides is 1. The lowest BCUT2D eigenvalue weighted by Gasteiger charge is -2.31. The quantitative estimate of drug-likeness (QED) is 0.537. The second-order valence-corrected chi connectivity index (χ2v) is 3.83. The zero-order chi connectivity index (χ0) is 8.32. The maximum atomic E-state index is 13.7. The minimum Gasteiger partial charge on any atom is -0.244 e. The lowest BCUT2D eigenvalue weighted by atomic mass is 9.79. The van der Waals surface area contributed by atoms with Gasteiger partial charge in [-0.3, -0.25) is 0 Å². The summed E-state index contributed by atoms with van der Waals surface area (Å²) in [6.45, 7) is 5.78. The molecular weight excluding hydrogens is 139 g/mol. The van der Waals surface area contributed by atoms with Crippen molar-refractivity contribution in [2.75, 3.05) is 0 Å². The summed E-state index contributed by atoms with van der Waals surface area (Å²) < 4.78 is 13.7. The van der Waals surface area contributed by atoms with Gasteiger partial charge in [0.05, 0.1) is 0 Å². The highest BCUT2D eigenvalue weighted by Gasteiger charge is 2.32. The van der Waals surface area contributed by atoms with Gasteiger partial charge >= 0.3 is 0 Å². The molecule has 0 heterocycles. The Kier molecular flexibility index (Phi) is 2.69. The van der Waals surface area contributed by atoms with Gasteiger partial charge in [-0.2, -0.15) is 0 Å². The first-order valence-electron chi connectivity index (χ1n) is 4.46. The summed E-state index contributed by atoms with van der Waals surface area (Å²) in [5.41, 5.74) is -0.908. The molecule has 0 aromatic heterocycles. The van der Waals surface area contributed by atoms with Crippen LogP contribution in [-0.4, -0.2) is 5.67 Å². The summed E-state index contributed by atoms with van der Waals surface area (Å²) >= 11 is 0. The number of hydrogen-bond donors (Lipinski definition) is 0. The minimum absolute atomic E-state index is 0.541. The Balaban J connectivity index is 2.41. The molecule has 0 nitrogen and oxygen atoms in total. The van der Waals surface area contributed by atoms with Crippen molar-refractivity contribution >= 4 is 0 Å². The van der Waals surface area contributed by atoms with Crippen molar-refractivity contribution in [3.8, 4) is 0 Å². The van der Waals surface area contributed by atoms with Gasteiger partial charge < -0.3 is 0 Å². The molecular formula is C10H17F. The van der Waals surface area contributed by atoms with Crippen LogP contribution in [0.4, 0.5) is 4.39 Å². The van der Waals surface area contributed by atoms with Crippen LogP contribution in [0.1, 0.15) is 39.0 Å². The average molecular weight is 156 g/mol. The van der Waals surface area contributed by atoms with Crippen LogP contribution in [0.3, 0.4) is 0 Å². The highest BCUT2D eigenvalue weighted by atomic mass is 19.1. The minimum atomic E-state index is -0.908. The van der Waals surface area contributed by atoms with E-state index in [1.54, 1.807) is 6.08 Å². The van der Waals surface area contributed by atoms with Crippen LogP contribution in [0.15, 0.2) is 12.7 Å². The van der Waals surface area contributed by atoms with Crippen LogP contribution in [0, 0.1) is 5.92 Å². The van der Waals surface area contributed by atoms with Crippen molar-refractivity contribution in [1.82, 2.24) is 0 Å². The predicted octanol–water partition coefficient (Wildman–Crippen LogP) is 3.48. The van der Waals surface area contributed by atoms with Crippen LogP contribution in [0.5, 0.6) is 0 Å². The fourth-order valence-electron chi connectivity index (χ4n) is 1.74. The molecule has 0 saturated heterocycles. The van der Waals surface area contributed by atoms with Crippen molar-refractivity contribution in [2.24, 2.45) is 5.92 Å². The Morgan fingerprint density at radius 3 is 2.55 bits per heavy atom. The summed E-state index contributed by atoms with van der Waals surface area (Å²) in [6, 6.07) is 0. The lowest BCUT2D eigenvalue weighted by molar-refractivity contribution is 0.0908. The molecule has 11 heavy (non-hydrogen) atoms. The Labute approximate surface area is 68.5 Å². The van der Waals surface area contributed by atoms with Gasteiger partial charge in [-0.05, 0) is 38.0 Å². The van der Waals surface area contributed by atoms with Gasteiger partial charge in [0.25, 0.3) is 0 Å². The summed E-state index contributed by atoms with van der Waals surface area (Å²) in [5.74, 6) is 0.726. The van der Waals surface area contributed by atoms with Gasteiger partial charge in [0.2, 0.25) is 0 Å². The van der Waals surface area contributed by atoms with Crippen molar-refractivity contribution in [2.45, 2.75) is 44.7 Å². The number of halogens is 1. The standard InChI is InChI=1S/C10H17F/c1-3-6-10(11)7-4-9(2)5-8-10/h3,9H,1,4-8H2,2H3. The second-order valence-electron chi connectivity index (χ2n) is 3.83. The third-order valence-electron chi connectivity index (χ3n) is 2.68. The Bertz CT molecular complexity index is 132. The van der Waals surface area contributed by atoms with E-state index in [2.05, 4.69) is 13.5 Å². The fourth-order valence-corrected chi connectivity index (χ4v) is 1.74. The fraction of sp³-hybridized carbons (Fsp3) is 0.800. The molecule has 1 saturated carbocycles. The number of rotatable bonds is 2. The maximum absolute atomic E-state index is 13.7. The van der Waals surface area contributed by atoms with Crippen molar-refractivity contribution in [3.05, 3.63) is 12.7 Å². The van der Waals surface area contributed by atoms with Gasteiger partial charge in [-0.1, -0.05) is 13.0 Å². The van der Waals surface area contributed by atoms with Crippen LogP contribution in [0.2, 0.25) is 0 Å². The third kappa shape index (κ3) is 2.32. The van der Waals surface area contributed by atoms with E-state index >= 15 is 0 Å². The van der Waals surface area contributed by atoms with Crippen molar-refractivity contribution in [3.63, 3.8) is 0 Å². The van der Waals surface area contributed by atoms with E-state index in [4.69, 9.17) is 0 Å². The first-order chi connectivity index (χ1) is 5.16. The van der Waals surface area contributed by atoms with Gasteiger partial charge in [-0.25, -0.2) is 4.39 Å². The molecule has 0 atom stereocenters. The van der Waals surface area contributed by atoms with Crippen LogP contribution < -0.4 is 0 Å². The Morgan fingerprint density at radius 2 is 2.09 bits per heavy atom. The van der Waals surface area contributed by atoms with Crippen molar-refractivity contribution < 1.29 is 4.39 Å². The predicted molar refractivity (Wildman–Crippen MR) is 46.3 cm³/mol. The van der Waals surface area contributed by atoms with Crippen LogP contribution in [-0.2, 0) is 0 Å². The van der Waals surface area contributed by atoms with Gasteiger partial charge in [-0.15, -0.1) is 6.58 Å². The van der Waals surface area contributed by atoms with Gasteiger partial charge in [0.1, 0.15) is 5.67 Å². The van der Waals surface area contributed by atoms with E-state index in [-0.39, 0.29) is 0 Å². The highest BCUT2D eigenvalue weighted by molar-refractivity contribution is 4.90. The van der Waals surface area contributed by atoms with E-state index < -0.39 is 5.67 Å². The first-order valence-corrected chi connectivity index (χ1v) is 4.46. The first kappa shape index (κ1) is 8.76. The number of hydrogen-bond acceptors (Lipinski definition) is 0. The topological polar surface area (TPSA) is 0 Å². The molecule has 0 aromatic rings. The van der Waals surface area contributed by atoms with Crippen molar-refractivity contribution in [1.29, 1.82) is 0 Å². The lowest BCUT2D eigenvalue weighted by Crippen LogP contribution is -2.27. The molecule has 1 aliphatic rings. The van der Waals surface area contributed by atoms with E-state index in [1.807, 2.05) is 0 Å². The summed E-state index contributed by atoms with van der Waals surface area (Å²) in [5, 5.41) is 0. The second kappa shape index (κ2) is 3.38. The molecule has 1 fully saturated rings. The zero-order valence-corrected chi connectivity index (χ0v) is 7.28. The van der Waals surface area contributed by atoms with Gasteiger partial charge in [0.15, 0.2) is 0 Å². The van der Waals surface area contributed by atoms with E-state index in [0.29, 0.717) is 6.42 Å². The molecule has 1 aliphatic carbocycles. The molecule has 0 bridgehead atoms. The summed E-state index contributed by atoms with van der Waals surface area (Å²) in [4.78, 5) is 0. The molecule has 1 rings (SSSR count). The summed E-state index contributed by atoms with van der Waals surface area (Å²) in [7, 11) is 0. The monoisotopic (exact) mass is 156 g/mol. The smallest absolute Gasteiger partial charge is 0.114 e. The molecule has 0 amide bonds. The largest absolute Gasteiger partial charge is 0.244 e. The molecule has 0 unspecified atom stereocenters. The summed E-state index contributed by atoms with van der Waals surface area (Å²) in [6.07, 6.45) is 5.81. The molecule has 64 valence electrons.